The molecule has 6 nitrogen and oxygen atoms in total. The van der Waals surface area contributed by atoms with E-state index < -0.39 is 15.8 Å². The lowest BCUT2D eigenvalue weighted by atomic mass is 10.3. The second-order valence-corrected chi connectivity index (χ2v) is 6.00. The summed E-state index contributed by atoms with van der Waals surface area (Å²) < 4.78 is 41.2. The molecule has 0 aliphatic rings. The second-order valence-electron chi connectivity index (χ2n) is 4.17. The van der Waals surface area contributed by atoms with Crippen LogP contribution >= 0.6 is 0 Å². The quantitative estimate of drug-likeness (QED) is 0.924. The molecule has 8 heteroatoms. The number of rotatable bonds is 4. The number of sulfonamides is 1. The van der Waals surface area contributed by atoms with E-state index in [-0.39, 0.29) is 22.9 Å². The van der Waals surface area contributed by atoms with Crippen molar-refractivity contribution < 1.29 is 12.8 Å². The Labute approximate surface area is 116 Å². The van der Waals surface area contributed by atoms with Gasteiger partial charge in [-0.3, -0.25) is 8.99 Å². The van der Waals surface area contributed by atoms with Gasteiger partial charge in [-0.15, -0.1) is 0 Å². The minimum Gasteiger partial charge on any atom is -0.381 e. The predicted octanol–water partition coefficient (Wildman–Crippen LogP) is 1.36. The molecule has 0 aliphatic heterocycles. The normalized spacial score (nSPS) is 11.6. The summed E-state index contributed by atoms with van der Waals surface area (Å²) in [4.78, 5) is -0.134. The number of aromatic nitrogens is 2. The Morgan fingerprint density at radius 3 is 2.55 bits per heavy atom. The first-order valence-corrected chi connectivity index (χ1v) is 7.38. The fourth-order valence-corrected chi connectivity index (χ4v) is 3.50. The van der Waals surface area contributed by atoms with Crippen LogP contribution in [0.2, 0.25) is 0 Å². The minimum atomic E-state index is -3.95. The number of benzene rings is 1. The Morgan fingerprint density at radius 1 is 1.40 bits per heavy atom. The van der Waals surface area contributed by atoms with Crippen molar-refractivity contribution in [3.63, 3.8) is 0 Å². The van der Waals surface area contributed by atoms with E-state index in [0.717, 1.165) is 4.31 Å². The number of aryl methyl sites for hydroxylation is 1. The first-order valence-electron chi connectivity index (χ1n) is 5.94. The maximum absolute atomic E-state index is 13.8. The van der Waals surface area contributed by atoms with Crippen LogP contribution in [0.25, 0.3) is 0 Å². The van der Waals surface area contributed by atoms with Gasteiger partial charge in [0.05, 0.1) is 5.69 Å². The summed E-state index contributed by atoms with van der Waals surface area (Å²) in [5, 5.41) is 3.81. The van der Waals surface area contributed by atoms with E-state index in [1.165, 1.54) is 29.1 Å². The smallest absolute Gasteiger partial charge is 0.269 e. The van der Waals surface area contributed by atoms with Crippen molar-refractivity contribution in [3.8, 4) is 0 Å². The molecule has 0 saturated carbocycles. The van der Waals surface area contributed by atoms with E-state index in [1.54, 1.807) is 20.0 Å². The molecule has 2 rings (SSSR count). The Kier molecular flexibility index (Phi) is 3.67. The first kappa shape index (κ1) is 14.3. The van der Waals surface area contributed by atoms with Crippen LogP contribution in [0.15, 0.2) is 35.4 Å². The van der Waals surface area contributed by atoms with Crippen molar-refractivity contribution >= 4 is 21.5 Å². The molecule has 2 N–H and O–H groups in total. The highest BCUT2D eigenvalue weighted by atomic mass is 32.2. The molecule has 0 aliphatic carbocycles. The predicted molar refractivity (Wildman–Crippen MR) is 74.2 cm³/mol. The van der Waals surface area contributed by atoms with E-state index in [4.69, 9.17) is 5.73 Å². The topological polar surface area (TPSA) is 81.2 Å². The monoisotopic (exact) mass is 298 g/mol. The summed E-state index contributed by atoms with van der Waals surface area (Å²) in [6.07, 6.45) is 1.30. The van der Waals surface area contributed by atoms with Crippen LogP contribution in [0.1, 0.15) is 6.92 Å². The Hall–Kier alpha value is -2.09. The Balaban J connectivity index is 2.57. The third-order valence-electron chi connectivity index (χ3n) is 2.80. The number of halogens is 1. The Morgan fingerprint density at radius 2 is 2.05 bits per heavy atom. The average molecular weight is 298 g/mol. The second kappa shape index (κ2) is 5.12. The SMILES string of the molecule is CCN(c1ccccc1F)S(=O)(=O)c1cn(C)nc1N. The third kappa shape index (κ3) is 2.34. The van der Waals surface area contributed by atoms with E-state index in [0.29, 0.717) is 0 Å². The number of nitrogens with two attached hydrogens (primary N) is 1. The lowest BCUT2D eigenvalue weighted by Gasteiger charge is -2.22. The molecule has 20 heavy (non-hydrogen) atoms. The van der Waals surface area contributed by atoms with Crippen LogP contribution < -0.4 is 10.0 Å². The summed E-state index contributed by atoms with van der Waals surface area (Å²) in [7, 11) is -2.39. The number of nitrogen functional groups attached to an aromatic ring is 1. The summed E-state index contributed by atoms with van der Waals surface area (Å²) >= 11 is 0. The lowest BCUT2D eigenvalue weighted by Crippen LogP contribution is -2.31. The number of hydrogen-bond acceptors (Lipinski definition) is 4. The largest absolute Gasteiger partial charge is 0.381 e. The van der Waals surface area contributed by atoms with E-state index in [2.05, 4.69) is 5.10 Å². The molecule has 0 spiro atoms. The van der Waals surface area contributed by atoms with Gasteiger partial charge in [0.25, 0.3) is 10.0 Å². The summed E-state index contributed by atoms with van der Waals surface area (Å²) in [5.74, 6) is -0.720. The molecule has 1 aromatic heterocycles. The van der Waals surface area contributed by atoms with Crippen molar-refractivity contribution in [3.05, 3.63) is 36.3 Å². The van der Waals surface area contributed by atoms with E-state index >= 15 is 0 Å². The van der Waals surface area contributed by atoms with Gasteiger partial charge in [-0.25, -0.2) is 12.8 Å². The molecular formula is C12H15FN4O2S. The van der Waals surface area contributed by atoms with Crippen LogP contribution in [0.4, 0.5) is 15.9 Å². The zero-order valence-electron chi connectivity index (χ0n) is 11.1. The van der Waals surface area contributed by atoms with Crippen molar-refractivity contribution in [2.24, 2.45) is 7.05 Å². The van der Waals surface area contributed by atoms with Gasteiger partial charge in [-0.05, 0) is 19.1 Å². The maximum atomic E-state index is 13.8. The summed E-state index contributed by atoms with van der Waals surface area (Å²) in [6.45, 7) is 1.70. The third-order valence-corrected chi connectivity index (χ3v) is 4.70. The van der Waals surface area contributed by atoms with Gasteiger partial charge in [0.2, 0.25) is 0 Å². The molecular weight excluding hydrogens is 283 g/mol. The fraction of sp³-hybridized carbons (Fsp3) is 0.250. The summed E-state index contributed by atoms with van der Waals surface area (Å²) in [5.41, 5.74) is 5.59. The van der Waals surface area contributed by atoms with Crippen molar-refractivity contribution in [2.45, 2.75) is 11.8 Å². The molecule has 0 radical (unpaired) electrons. The standard InChI is InChI=1S/C12H15FN4O2S/c1-3-17(10-7-5-4-6-9(10)13)20(18,19)11-8-16(2)15-12(11)14/h4-8H,3H2,1-2H3,(H2,14,15). The van der Waals surface area contributed by atoms with Crippen LogP contribution in [-0.4, -0.2) is 24.7 Å². The number of para-hydroxylation sites is 1. The van der Waals surface area contributed by atoms with Crippen LogP contribution in [0, 0.1) is 5.82 Å². The number of hydrogen-bond donors (Lipinski definition) is 1. The number of nitrogens with zero attached hydrogens (tertiary/aromatic N) is 3. The van der Waals surface area contributed by atoms with Gasteiger partial charge in [0.15, 0.2) is 5.82 Å². The lowest BCUT2D eigenvalue weighted by molar-refractivity contribution is 0.586. The molecule has 0 unspecified atom stereocenters. The zero-order chi connectivity index (χ0) is 14.9. The highest BCUT2D eigenvalue weighted by molar-refractivity contribution is 7.93. The zero-order valence-corrected chi connectivity index (χ0v) is 11.9. The van der Waals surface area contributed by atoms with Crippen molar-refractivity contribution in [2.75, 3.05) is 16.6 Å². The highest BCUT2D eigenvalue weighted by Gasteiger charge is 2.29. The average Bonchev–Trinajstić information content (AvgIpc) is 2.72. The van der Waals surface area contributed by atoms with E-state index in [9.17, 15) is 12.8 Å². The van der Waals surface area contributed by atoms with Crippen molar-refractivity contribution in [1.82, 2.24) is 9.78 Å². The van der Waals surface area contributed by atoms with Gasteiger partial charge in [-0.1, -0.05) is 12.1 Å². The fourth-order valence-electron chi connectivity index (χ4n) is 1.93. The minimum absolute atomic E-state index is 0.0155. The van der Waals surface area contributed by atoms with Gasteiger partial charge < -0.3 is 5.73 Å². The van der Waals surface area contributed by atoms with Crippen LogP contribution in [0.3, 0.4) is 0 Å². The summed E-state index contributed by atoms with van der Waals surface area (Å²) in [6, 6.07) is 5.68. The molecule has 0 saturated heterocycles. The van der Waals surface area contributed by atoms with Gasteiger partial charge in [0, 0.05) is 19.8 Å². The highest BCUT2D eigenvalue weighted by Crippen LogP contribution is 2.27. The molecule has 0 amide bonds. The molecule has 108 valence electrons. The van der Waals surface area contributed by atoms with Crippen molar-refractivity contribution in [1.29, 1.82) is 0 Å². The number of anilines is 2. The van der Waals surface area contributed by atoms with Gasteiger partial charge >= 0.3 is 0 Å². The van der Waals surface area contributed by atoms with E-state index in [1.807, 2.05) is 0 Å². The maximum Gasteiger partial charge on any atom is 0.269 e. The molecule has 1 heterocycles. The molecule has 2 aromatic rings. The molecule has 0 atom stereocenters. The van der Waals surface area contributed by atoms with Crippen LogP contribution in [-0.2, 0) is 17.1 Å². The Bertz CT molecular complexity index is 727. The molecule has 0 fully saturated rings. The molecule has 0 bridgehead atoms. The van der Waals surface area contributed by atoms with Gasteiger partial charge in [0.1, 0.15) is 10.7 Å². The van der Waals surface area contributed by atoms with Gasteiger partial charge in [-0.2, -0.15) is 5.10 Å². The van der Waals surface area contributed by atoms with Crippen LogP contribution in [0.5, 0.6) is 0 Å². The molecule has 1 aromatic carbocycles. The first-order chi connectivity index (χ1) is 9.37.